The van der Waals surface area contributed by atoms with Gasteiger partial charge in [-0.15, -0.1) is 0 Å². The van der Waals surface area contributed by atoms with Crippen molar-refractivity contribution in [3.8, 4) is 0 Å². The minimum Gasteiger partial charge on any atom is -0.383 e. The Morgan fingerprint density at radius 2 is 2.30 bits per heavy atom. The molecule has 0 spiro atoms. The summed E-state index contributed by atoms with van der Waals surface area (Å²) in [6.45, 7) is 8.35. The van der Waals surface area contributed by atoms with Gasteiger partial charge in [0.05, 0.1) is 13.2 Å². The highest BCUT2D eigenvalue weighted by Crippen LogP contribution is 2.27. The molecule has 20 heavy (non-hydrogen) atoms. The fourth-order valence-corrected chi connectivity index (χ4v) is 2.87. The molecule has 0 bridgehead atoms. The van der Waals surface area contributed by atoms with Gasteiger partial charge in [-0.05, 0) is 11.8 Å². The normalized spacial score (nSPS) is 21.6. The molecular weight excluding hydrogens is 274 g/mol. The van der Waals surface area contributed by atoms with E-state index in [9.17, 15) is 4.79 Å². The van der Waals surface area contributed by atoms with Crippen molar-refractivity contribution in [2.45, 2.75) is 39.7 Å². The van der Waals surface area contributed by atoms with Crippen LogP contribution >= 0.6 is 11.8 Å². The topological polar surface area (TPSA) is 62.7 Å². The average Bonchev–Trinajstić information content (AvgIpc) is 2.38. The van der Waals surface area contributed by atoms with Crippen LogP contribution in [-0.2, 0) is 9.53 Å². The van der Waals surface area contributed by atoms with Crippen LogP contribution in [0.5, 0.6) is 0 Å². The van der Waals surface area contributed by atoms with Crippen molar-refractivity contribution in [1.82, 2.24) is 10.6 Å². The van der Waals surface area contributed by atoms with Gasteiger partial charge in [0.2, 0.25) is 5.91 Å². The van der Waals surface area contributed by atoms with E-state index in [1.54, 1.807) is 18.9 Å². The standard InChI is InChI=1S/C14H27N3O2S/c1-14(2,3)11-6-10-20-13(17-11)16-7-5-12(18)15-8-9-19-4/h11H,5-10H2,1-4H3,(H,15,18)(H,16,17). The summed E-state index contributed by atoms with van der Waals surface area (Å²) in [5.74, 6) is 1.12. The number of rotatable bonds is 6. The van der Waals surface area contributed by atoms with Crippen molar-refractivity contribution in [2.24, 2.45) is 10.4 Å². The summed E-state index contributed by atoms with van der Waals surface area (Å²) in [6.07, 6.45) is 1.58. The quantitative estimate of drug-likeness (QED) is 0.732. The predicted octanol–water partition coefficient (Wildman–Crippen LogP) is 1.64. The molecule has 1 rings (SSSR count). The number of amidine groups is 1. The van der Waals surface area contributed by atoms with Gasteiger partial charge in [0, 0.05) is 31.9 Å². The molecule has 0 aromatic rings. The molecule has 0 aromatic carbocycles. The van der Waals surface area contributed by atoms with Crippen molar-refractivity contribution in [1.29, 1.82) is 0 Å². The summed E-state index contributed by atoms with van der Waals surface area (Å²) in [6, 6.07) is 0.457. The van der Waals surface area contributed by atoms with Crippen molar-refractivity contribution in [3.05, 3.63) is 0 Å². The number of ether oxygens (including phenoxy) is 1. The molecule has 1 unspecified atom stereocenters. The first-order valence-corrected chi connectivity index (χ1v) is 8.11. The van der Waals surface area contributed by atoms with Gasteiger partial charge in [-0.1, -0.05) is 32.5 Å². The second-order valence-electron chi connectivity index (χ2n) is 5.98. The van der Waals surface area contributed by atoms with Crippen LogP contribution in [0.15, 0.2) is 4.99 Å². The van der Waals surface area contributed by atoms with Crippen LogP contribution in [0.3, 0.4) is 0 Å². The number of carbonyl (C=O) groups excluding carboxylic acids is 1. The third-order valence-electron chi connectivity index (χ3n) is 3.21. The molecule has 1 saturated heterocycles. The molecule has 0 radical (unpaired) electrons. The van der Waals surface area contributed by atoms with Gasteiger partial charge in [0.15, 0.2) is 5.17 Å². The lowest BCUT2D eigenvalue weighted by molar-refractivity contribution is -0.121. The Labute approximate surface area is 126 Å². The zero-order chi connectivity index (χ0) is 15.0. The van der Waals surface area contributed by atoms with Crippen molar-refractivity contribution in [2.75, 3.05) is 32.6 Å². The zero-order valence-electron chi connectivity index (χ0n) is 13.0. The molecule has 1 heterocycles. The fraction of sp³-hybridized carbons (Fsp3) is 0.857. The van der Waals surface area contributed by atoms with Gasteiger partial charge in [-0.2, -0.15) is 0 Å². The molecule has 1 fully saturated rings. The SMILES string of the molecule is COCCNC(=O)CCN=C1NC(C(C)(C)C)CCS1. The molecule has 1 aliphatic heterocycles. The smallest absolute Gasteiger partial charge is 0.221 e. The predicted molar refractivity (Wildman–Crippen MR) is 85.3 cm³/mol. The summed E-state index contributed by atoms with van der Waals surface area (Å²) in [5, 5.41) is 7.25. The number of nitrogens with zero attached hydrogens (tertiary/aromatic N) is 1. The molecular formula is C14H27N3O2S. The van der Waals surface area contributed by atoms with Crippen molar-refractivity contribution in [3.63, 3.8) is 0 Å². The number of aliphatic imine (C=N–C) groups is 1. The third kappa shape index (κ3) is 6.61. The zero-order valence-corrected chi connectivity index (χ0v) is 13.8. The van der Waals surface area contributed by atoms with E-state index in [0.29, 0.717) is 32.2 Å². The Morgan fingerprint density at radius 3 is 2.95 bits per heavy atom. The highest BCUT2D eigenvalue weighted by atomic mass is 32.2. The van der Waals surface area contributed by atoms with E-state index >= 15 is 0 Å². The highest BCUT2D eigenvalue weighted by Gasteiger charge is 2.28. The summed E-state index contributed by atoms with van der Waals surface area (Å²) >= 11 is 1.74. The largest absolute Gasteiger partial charge is 0.383 e. The lowest BCUT2D eigenvalue weighted by atomic mass is 9.85. The van der Waals surface area contributed by atoms with E-state index in [0.717, 1.165) is 17.3 Å². The number of nitrogens with one attached hydrogen (secondary N) is 2. The van der Waals surface area contributed by atoms with Crippen molar-refractivity contribution < 1.29 is 9.53 Å². The maximum Gasteiger partial charge on any atom is 0.221 e. The van der Waals surface area contributed by atoms with Gasteiger partial charge in [-0.3, -0.25) is 9.79 Å². The number of hydrogen-bond donors (Lipinski definition) is 2. The van der Waals surface area contributed by atoms with Crippen LogP contribution in [-0.4, -0.2) is 49.7 Å². The number of hydrogen-bond acceptors (Lipinski definition) is 4. The minimum atomic E-state index is 0.0274. The Morgan fingerprint density at radius 1 is 1.55 bits per heavy atom. The molecule has 2 N–H and O–H groups in total. The van der Waals surface area contributed by atoms with Crippen LogP contribution in [0.1, 0.15) is 33.6 Å². The molecule has 0 saturated carbocycles. The molecule has 116 valence electrons. The van der Waals surface area contributed by atoms with E-state index in [1.165, 1.54) is 0 Å². The lowest BCUT2D eigenvalue weighted by Gasteiger charge is -2.35. The van der Waals surface area contributed by atoms with Gasteiger partial charge in [0.25, 0.3) is 0 Å². The summed E-state index contributed by atoms with van der Waals surface area (Å²) < 4.78 is 4.88. The molecule has 5 nitrogen and oxygen atoms in total. The maximum absolute atomic E-state index is 11.5. The number of thioether (sulfide) groups is 1. The highest BCUT2D eigenvalue weighted by molar-refractivity contribution is 8.13. The first kappa shape index (κ1) is 17.3. The molecule has 0 aliphatic carbocycles. The van der Waals surface area contributed by atoms with E-state index in [4.69, 9.17) is 4.74 Å². The first-order valence-electron chi connectivity index (χ1n) is 7.13. The molecule has 1 aliphatic rings. The molecule has 1 atom stereocenters. The second-order valence-corrected chi connectivity index (χ2v) is 7.06. The van der Waals surface area contributed by atoms with Crippen LogP contribution in [0, 0.1) is 5.41 Å². The Hall–Kier alpha value is -0.750. The monoisotopic (exact) mass is 301 g/mol. The molecule has 0 aromatic heterocycles. The Bertz CT molecular complexity index is 340. The van der Waals surface area contributed by atoms with Crippen LogP contribution in [0.4, 0.5) is 0 Å². The summed E-state index contributed by atoms with van der Waals surface area (Å²) in [4.78, 5) is 16.0. The van der Waals surface area contributed by atoms with Gasteiger partial charge in [-0.25, -0.2) is 0 Å². The number of methoxy groups -OCH3 is 1. The van der Waals surface area contributed by atoms with E-state index in [-0.39, 0.29) is 11.3 Å². The number of amides is 1. The summed E-state index contributed by atoms with van der Waals surface area (Å²) in [5.41, 5.74) is 0.235. The summed E-state index contributed by atoms with van der Waals surface area (Å²) in [7, 11) is 1.62. The minimum absolute atomic E-state index is 0.0274. The lowest BCUT2D eigenvalue weighted by Crippen LogP contribution is -2.46. The Kier molecular flexibility index (Phi) is 7.37. The second kappa shape index (κ2) is 8.52. The van der Waals surface area contributed by atoms with E-state index in [2.05, 4.69) is 36.4 Å². The molecule has 1 amide bonds. The fourth-order valence-electron chi connectivity index (χ4n) is 1.92. The van der Waals surface area contributed by atoms with Gasteiger partial charge >= 0.3 is 0 Å². The van der Waals surface area contributed by atoms with Crippen LogP contribution < -0.4 is 10.6 Å². The van der Waals surface area contributed by atoms with Gasteiger partial charge < -0.3 is 15.4 Å². The van der Waals surface area contributed by atoms with E-state index in [1.807, 2.05) is 0 Å². The van der Waals surface area contributed by atoms with Gasteiger partial charge in [0.1, 0.15) is 0 Å². The van der Waals surface area contributed by atoms with Crippen LogP contribution in [0.2, 0.25) is 0 Å². The van der Waals surface area contributed by atoms with Crippen molar-refractivity contribution >= 4 is 22.8 Å². The maximum atomic E-state index is 11.5. The average molecular weight is 301 g/mol. The van der Waals surface area contributed by atoms with Crippen LogP contribution in [0.25, 0.3) is 0 Å². The third-order valence-corrected chi connectivity index (χ3v) is 4.17. The number of carbonyl (C=O) groups is 1. The molecule has 6 heteroatoms. The van der Waals surface area contributed by atoms with E-state index < -0.39 is 0 Å². The first-order chi connectivity index (χ1) is 9.43. The Balaban J connectivity index is 2.29.